The highest BCUT2D eigenvalue weighted by atomic mass is 16.3. The lowest BCUT2D eigenvalue weighted by atomic mass is 9.59. The Morgan fingerprint density at radius 3 is 2.55 bits per heavy atom. The van der Waals surface area contributed by atoms with E-state index in [9.17, 15) is 34.8 Å². The topological polar surface area (TPSA) is 158 Å². The third-order valence-electron chi connectivity index (χ3n) is 7.05. The van der Waals surface area contributed by atoms with Crippen molar-refractivity contribution < 1.29 is 34.8 Å². The fourth-order valence-electron chi connectivity index (χ4n) is 5.59. The van der Waals surface area contributed by atoms with Gasteiger partial charge in [0.1, 0.15) is 22.8 Å². The maximum absolute atomic E-state index is 13.5. The van der Waals surface area contributed by atoms with Gasteiger partial charge in [-0.05, 0) is 49.3 Å². The Morgan fingerprint density at radius 2 is 1.94 bits per heavy atom. The highest BCUT2D eigenvalue weighted by molar-refractivity contribution is 6.22. The van der Waals surface area contributed by atoms with Crippen molar-refractivity contribution >= 4 is 29.3 Å². The third kappa shape index (κ3) is 3.12. The summed E-state index contributed by atoms with van der Waals surface area (Å²) in [4.78, 5) is 37.7. The van der Waals surface area contributed by atoms with Gasteiger partial charge in [0, 0.05) is 23.5 Å². The van der Waals surface area contributed by atoms with Crippen LogP contribution < -0.4 is 5.73 Å². The number of primary amides is 1. The second kappa shape index (κ2) is 7.88. The molecule has 174 valence electrons. The van der Waals surface area contributed by atoms with Gasteiger partial charge in [0.25, 0.3) is 5.91 Å². The first-order valence-corrected chi connectivity index (χ1v) is 11.1. The number of Topliss-reactive ketones (excluding diaryl/α,β-unsaturated/α-hetero) is 2. The third-order valence-corrected chi connectivity index (χ3v) is 7.05. The molecule has 1 aromatic carbocycles. The van der Waals surface area contributed by atoms with E-state index in [1.807, 2.05) is 13.0 Å². The van der Waals surface area contributed by atoms with Gasteiger partial charge in [0.05, 0.1) is 5.56 Å². The molecule has 6 N–H and O–H groups in total. The number of aliphatic hydroxyl groups excluding tert-OH is 2. The van der Waals surface area contributed by atoms with Crippen molar-refractivity contribution in [2.75, 3.05) is 0 Å². The average molecular weight is 453 g/mol. The van der Waals surface area contributed by atoms with Gasteiger partial charge in [-0.2, -0.15) is 0 Å². The van der Waals surface area contributed by atoms with Crippen molar-refractivity contribution in [3.05, 3.63) is 51.3 Å². The molecule has 1 aromatic rings. The molecule has 33 heavy (non-hydrogen) atoms. The van der Waals surface area contributed by atoms with E-state index < -0.39 is 52.0 Å². The van der Waals surface area contributed by atoms with E-state index in [0.717, 1.165) is 17.5 Å². The van der Waals surface area contributed by atoms with Crippen LogP contribution in [0.5, 0.6) is 5.75 Å². The molecule has 3 atom stereocenters. The fraction of sp³-hybridized carbons (Fsp3) is 0.400. The first-order chi connectivity index (χ1) is 15.6. The Balaban J connectivity index is 1.96. The molecule has 1 saturated carbocycles. The molecule has 0 saturated heterocycles. The van der Waals surface area contributed by atoms with Crippen molar-refractivity contribution in [1.29, 1.82) is 0 Å². The SMILES string of the molecule is C/C=C/c1cc(CCC)c2c(c1O)C(O)=C1C(=O)[C@]3(O)C(O)=C(C(N)=O)C(=O)C[C@@H]3C[C@@H]1C2. The molecule has 8 heteroatoms. The summed E-state index contributed by atoms with van der Waals surface area (Å²) in [6, 6.07) is 1.87. The number of carbonyl (C=O) groups is 3. The van der Waals surface area contributed by atoms with E-state index in [0.29, 0.717) is 18.4 Å². The summed E-state index contributed by atoms with van der Waals surface area (Å²) in [5, 5.41) is 44.0. The number of phenols is 1. The number of benzene rings is 1. The Bertz CT molecular complexity index is 1190. The van der Waals surface area contributed by atoms with E-state index in [-0.39, 0.29) is 29.7 Å². The smallest absolute Gasteiger partial charge is 0.255 e. The number of amides is 1. The van der Waals surface area contributed by atoms with E-state index >= 15 is 0 Å². The Labute approximate surface area is 190 Å². The highest BCUT2D eigenvalue weighted by Crippen LogP contribution is 2.52. The van der Waals surface area contributed by atoms with Gasteiger partial charge in [0.2, 0.25) is 5.78 Å². The number of hydrogen-bond acceptors (Lipinski definition) is 7. The van der Waals surface area contributed by atoms with Crippen LogP contribution in [-0.4, -0.2) is 43.5 Å². The average Bonchev–Trinajstić information content (AvgIpc) is 2.74. The summed E-state index contributed by atoms with van der Waals surface area (Å²) in [6.45, 7) is 3.81. The lowest BCUT2D eigenvalue weighted by molar-refractivity contribution is -0.147. The number of hydrogen-bond donors (Lipinski definition) is 5. The normalized spacial score (nSPS) is 27.0. The van der Waals surface area contributed by atoms with Crippen molar-refractivity contribution in [3.8, 4) is 5.75 Å². The Kier molecular flexibility index (Phi) is 5.44. The molecule has 0 radical (unpaired) electrons. The van der Waals surface area contributed by atoms with Crippen LogP contribution in [-0.2, 0) is 27.2 Å². The first kappa shape index (κ1) is 22.8. The van der Waals surface area contributed by atoms with Crippen molar-refractivity contribution in [2.24, 2.45) is 17.6 Å². The van der Waals surface area contributed by atoms with Gasteiger partial charge < -0.3 is 26.2 Å². The molecule has 1 amide bonds. The van der Waals surface area contributed by atoms with Crippen LogP contribution in [0.15, 0.2) is 29.0 Å². The molecule has 4 rings (SSSR count). The zero-order chi connectivity index (χ0) is 24.2. The maximum Gasteiger partial charge on any atom is 0.255 e. The predicted molar refractivity (Wildman–Crippen MR) is 120 cm³/mol. The van der Waals surface area contributed by atoms with E-state index in [1.165, 1.54) is 0 Å². The monoisotopic (exact) mass is 453 g/mol. The molecular formula is C25H27NO7. The van der Waals surface area contributed by atoms with Crippen molar-refractivity contribution in [2.45, 2.75) is 51.6 Å². The van der Waals surface area contributed by atoms with Gasteiger partial charge in [-0.3, -0.25) is 14.4 Å². The number of aromatic hydroxyl groups is 1. The molecule has 0 spiro atoms. The van der Waals surface area contributed by atoms with Crippen LogP contribution in [0.2, 0.25) is 0 Å². The number of phenolic OH excluding ortho intramolecular Hbond substituents is 1. The quantitative estimate of drug-likeness (QED) is 0.438. The summed E-state index contributed by atoms with van der Waals surface area (Å²) < 4.78 is 0. The minimum absolute atomic E-state index is 0.124. The Hall–Kier alpha value is -3.39. The molecule has 1 fully saturated rings. The number of ketones is 2. The van der Waals surface area contributed by atoms with Crippen molar-refractivity contribution in [1.82, 2.24) is 0 Å². The maximum atomic E-state index is 13.5. The highest BCUT2D eigenvalue weighted by Gasteiger charge is 2.60. The summed E-state index contributed by atoms with van der Waals surface area (Å²) in [5.74, 6) is -6.12. The van der Waals surface area contributed by atoms with Crippen LogP contribution in [0.4, 0.5) is 0 Å². The molecule has 8 nitrogen and oxygen atoms in total. The van der Waals surface area contributed by atoms with E-state index in [4.69, 9.17) is 5.73 Å². The van der Waals surface area contributed by atoms with Crippen LogP contribution in [0, 0.1) is 11.8 Å². The second-order valence-corrected chi connectivity index (χ2v) is 8.98. The van der Waals surface area contributed by atoms with Gasteiger partial charge in [-0.25, -0.2) is 0 Å². The summed E-state index contributed by atoms with van der Waals surface area (Å²) in [5.41, 5.74) is 4.05. The minimum Gasteiger partial charge on any atom is -0.508 e. The van der Waals surface area contributed by atoms with E-state index in [1.54, 1.807) is 19.1 Å². The van der Waals surface area contributed by atoms with Crippen LogP contribution in [0.1, 0.15) is 55.4 Å². The number of aliphatic hydroxyl groups is 3. The minimum atomic E-state index is -2.54. The number of fused-ring (bicyclic) bond motifs is 3. The number of aryl methyl sites for hydroxylation is 1. The molecule has 3 aliphatic carbocycles. The predicted octanol–water partition coefficient (Wildman–Crippen LogP) is 2.41. The second-order valence-electron chi connectivity index (χ2n) is 8.98. The molecule has 0 heterocycles. The zero-order valence-electron chi connectivity index (χ0n) is 18.5. The summed E-state index contributed by atoms with van der Waals surface area (Å²) in [6.07, 6.45) is 5.12. The molecule has 0 unspecified atom stereocenters. The fourth-order valence-corrected chi connectivity index (χ4v) is 5.59. The summed E-state index contributed by atoms with van der Waals surface area (Å²) in [7, 11) is 0. The lowest BCUT2D eigenvalue weighted by Gasteiger charge is -2.46. The summed E-state index contributed by atoms with van der Waals surface area (Å²) >= 11 is 0. The number of carbonyl (C=O) groups excluding carboxylic acids is 3. The number of nitrogens with two attached hydrogens (primary N) is 1. The van der Waals surface area contributed by atoms with Crippen LogP contribution in [0.25, 0.3) is 11.8 Å². The standard InChI is InChI=1S/C25H27NO7/c1-3-5-11-7-12(6-4-2)20(28)18-15(11)9-13-8-14-10-16(27)19(24(26)32)23(31)25(14,33)22(30)17(13)21(18)29/h4,6-7,13-14,28-29,31,33H,3,5,8-10H2,1-2H3,(H2,26,32)/b6-4+/t13-,14+,25+/m1/s1. The van der Waals surface area contributed by atoms with E-state index in [2.05, 4.69) is 0 Å². The zero-order valence-corrected chi connectivity index (χ0v) is 18.5. The molecule has 0 aliphatic heterocycles. The first-order valence-electron chi connectivity index (χ1n) is 11.1. The van der Waals surface area contributed by atoms with Gasteiger partial charge >= 0.3 is 0 Å². The molecule has 3 aliphatic rings. The number of allylic oxidation sites excluding steroid dienone is 1. The van der Waals surface area contributed by atoms with Crippen LogP contribution in [0.3, 0.4) is 0 Å². The van der Waals surface area contributed by atoms with Crippen molar-refractivity contribution in [3.63, 3.8) is 0 Å². The molecular weight excluding hydrogens is 426 g/mol. The van der Waals surface area contributed by atoms with Crippen LogP contribution >= 0.6 is 0 Å². The molecule has 0 bridgehead atoms. The van der Waals surface area contributed by atoms with Gasteiger partial charge in [0.15, 0.2) is 11.4 Å². The number of rotatable bonds is 4. The van der Waals surface area contributed by atoms with Gasteiger partial charge in [-0.15, -0.1) is 0 Å². The lowest BCUT2D eigenvalue weighted by Crippen LogP contribution is -2.58. The molecule has 0 aromatic heterocycles. The van der Waals surface area contributed by atoms with Gasteiger partial charge in [-0.1, -0.05) is 25.5 Å². The largest absolute Gasteiger partial charge is 0.508 e. The Morgan fingerprint density at radius 1 is 1.24 bits per heavy atom.